The molecular formula is C19H28O4. The van der Waals surface area contributed by atoms with Gasteiger partial charge >= 0.3 is 0 Å². The molecule has 0 amide bonds. The van der Waals surface area contributed by atoms with Gasteiger partial charge in [0.2, 0.25) is 0 Å². The van der Waals surface area contributed by atoms with Crippen molar-refractivity contribution in [2.24, 2.45) is 23.7 Å². The Morgan fingerprint density at radius 3 is 2.52 bits per heavy atom. The fourth-order valence-corrected chi connectivity index (χ4v) is 4.70. The van der Waals surface area contributed by atoms with Crippen LogP contribution in [0.1, 0.15) is 44.9 Å². The van der Waals surface area contributed by atoms with Gasteiger partial charge in [0.1, 0.15) is 18.0 Å². The van der Waals surface area contributed by atoms with Gasteiger partial charge in [0.25, 0.3) is 0 Å². The molecule has 3 aliphatic rings. The molecule has 2 saturated carbocycles. The van der Waals surface area contributed by atoms with Crippen LogP contribution in [0.2, 0.25) is 0 Å². The highest BCUT2D eigenvalue weighted by atomic mass is 16.3. The summed E-state index contributed by atoms with van der Waals surface area (Å²) in [7, 11) is 0. The van der Waals surface area contributed by atoms with Gasteiger partial charge in [-0.15, -0.1) is 0 Å². The molecule has 0 aromatic heterocycles. The third-order valence-corrected chi connectivity index (χ3v) is 6.07. The van der Waals surface area contributed by atoms with E-state index in [2.05, 4.69) is 0 Å². The summed E-state index contributed by atoms with van der Waals surface area (Å²) in [5.74, 6) is 1.18. The first kappa shape index (κ1) is 16.9. The van der Waals surface area contributed by atoms with Crippen molar-refractivity contribution < 1.29 is 20.1 Å². The molecule has 5 unspecified atom stereocenters. The Balaban J connectivity index is 1.66. The number of hydrogen-bond donors (Lipinski definition) is 3. The first-order valence-electron chi connectivity index (χ1n) is 8.99. The van der Waals surface area contributed by atoms with Crippen LogP contribution in [0.4, 0.5) is 0 Å². The lowest BCUT2D eigenvalue weighted by molar-refractivity contribution is -0.124. The fourth-order valence-electron chi connectivity index (χ4n) is 4.70. The van der Waals surface area contributed by atoms with Gasteiger partial charge in [-0.05, 0) is 55.1 Å². The van der Waals surface area contributed by atoms with Gasteiger partial charge < -0.3 is 15.3 Å². The number of allylic oxidation sites excluding steroid dienone is 2. The number of ketones is 1. The van der Waals surface area contributed by atoms with Gasteiger partial charge in [0, 0.05) is 18.9 Å². The summed E-state index contributed by atoms with van der Waals surface area (Å²) < 4.78 is 0. The predicted octanol–water partition coefficient (Wildman–Crippen LogP) is 1.99. The summed E-state index contributed by atoms with van der Waals surface area (Å²) in [5.41, 5.74) is 1.00. The maximum atomic E-state index is 12.8. The maximum Gasteiger partial charge on any atom is 0.136 e. The standard InChI is InChI=1S/C19H28O4/c20-11-14-4-1-3-12(14)9-18(22)16-6-2-5-15(16)13-7-8-17(21)19(23)10-13/h7-8,10,12,14-17,19-21,23H,1-6,9,11H2/t12?,14-,15?,16?,17?,19?/m0/s1. The van der Waals surface area contributed by atoms with Gasteiger partial charge in [0.05, 0.1) is 0 Å². The van der Waals surface area contributed by atoms with Crippen molar-refractivity contribution >= 4 is 5.78 Å². The minimum absolute atomic E-state index is 0.0354. The van der Waals surface area contributed by atoms with Crippen LogP contribution in [0.25, 0.3) is 0 Å². The number of hydrogen-bond acceptors (Lipinski definition) is 4. The lowest BCUT2D eigenvalue weighted by Crippen LogP contribution is -2.28. The summed E-state index contributed by atoms with van der Waals surface area (Å²) >= 11 is 0. The van der Waals surface area contributed by atoms with Gasteiger partial charge in [-0.1, -0.05) is 25.0 Å². The quantitative estimate of drug-likeness (QED) is 0.724. The lowest BCUT2D eigenvalue weighted by atomic mass is 9.79. The van der Waals surface area contributed by atoms with E-state index in [0.29, 0.717) is 24.0 Å². The topological polar surface area (TPSA) is 77.8 Å². The SMILES string of the molecule is O=C(CC1CCC[C@H]1CO)C1CCCC1C1=CC(O)C(O)C=C1. The second-order valence-electron chi connectivity index (χ2n) is 7.45. The summed E-state index contributed by atoms with van der Waals surface area (Å²) in [6.07, 6.45) is 10.3. The Kier molecular flexibility index (Phi) is 5.34. The van der Waals surface area contributed by atoms with Crippen molar-refractivity contribution in [1.82, 2.24) is 0 Å². The molecule has 0 saturated heterocycles. The summed E-state index contributed by atoms with van der Waals surface area (Å²) in [6, 6.07) is 0. The molecule has 0 radical (unpaired) electrons. The van der Waals surface area contributed by atoms with Crippen LogP contribution in [0.3, 0.4) is 0 Å². The number of aliphatic hydroxyl groups excluding tert-OH is 3. The number of aliphatic hydroxyl groups is 3. The third-order valence-electron chi connectivity index (χ3n) is 6.07. The zero-order valence-corrected chi connectivity index (χ0v) is 13.6. The fraction of sp³-hybridized carbons (Fsp3) is 0.737. The lowest BCUT2D eigenvalue weighted by Gasteiger charge is -2.26. The highest BCUT2D eigenvalue weighted by Crippen LogP contribution is 2.42. The zero-order valence-electron chi connectivity index (χ0n) is 13.6. The number of Topliss-reactive ketones (excluding diaryl/α,β-unsaturated/α-hetero) is 1. The maximum absolute atomic E-state index is 12.8. The monoisotopic (exact) mass is 320 g/mol. The van der Waals surface area contributed by atoms with Crippen LogP contribution in [0.5, 0.6) is 0 Å². The summed E-state index contributed by atoms with van der Waals surface area (Å²) in [6.45, 7) is 0.198. The van der Waals surface area contributed by atoms with Crippen molar-refractivity contribution in [2.45, 2.75) is 57.2 Å². The molecule has 128 valence electrons. The Morgan fingerprint density at radius 2 is 1.78 bits per heavy atom. The summed E-state index contributed by atoms with van der Waals surface area (Å²) in [4.78, 5) is 12.8. The second kappa shape index (κ2) is 7.29. The molecule has 0 aliphatic heterocycles. The van der Waals surface area contributed by atoms with Crippen LogP contribution < -0.4 is 0 Å². The average Bonchev–Trinajstić information content (AvgIpc) is 3.18. The molecule has 23 heavy (non-hydrogen) atoms. The highest BCUT2D eigenvalue weighted by molar-refractivity contribution is 5.82. The Hall–Kier alpha value is -0.970. The van der Waals surface area contributed by atoms with E-state index in [0.717, 1.165) is 44.1 Å². The normalized spacial score (nSPS) is 40.4. The molecule has 3 N–H and O–H groups in total. The number of carbonyl (C=O) groups is 1. The average molecular weight is 320 g/mol. The van der Waals surface area contributed by atoms with Crippen LogP contribution in [0.15, 0.2) is 23.8 Å². The molecule has 0 aromatic carbocycles. The summed E-state index contributed by atoms with van der Waals surface area (Å²) in [5, 5.41) is 28.9. The molecule has 3 aliphatic carbocycles. The smallest absolute Gasteiger partial charge is 0.136 e. The Morgan fingerprint density at radius 1 is 1.04 bits per heavy atom. The largest absolute Gasteiger partial charge is 0.396 e. The first-order chi connectivity index (χ1) is 11.1. The minimum Gasteiger partial charge on any atom is -0.396 e. The van der Waals surface area contributed by atoms with Crippen molar-refractivity contribution in [2.75, 3.05) is 6.61 Å². The van der Waals surface area contributed by atoms with E-state index in [9.17, 15) is 20.1 Å². The zero-order chi connectivity index (χ0) is 16.4. The van der Waals surface area contributed by atoms with E-state index >= 15 is 0 Å². The molecule has 3 rings (SSSR count). The molecule has 0 aromatic rings. The molecule has 2 fully saturated rings. The second-order valence-corrected chi connectivity index (χ2v) is 7.45. The van der Waals surface area contributed by atoms with E-state index in [1.807, 2.05) is 6.08 Å². The highest BCUT2D eigenvalue weighted by Gasteiger charge is 2.38. The van der Waals surface area contributed by atoms with E-state index in [1.54, 1.807) is 12.2 Å². The molecule has 0 spiro atoms. The van der Waals surface area contributed by atoms with Crippen molar-refractivity contribution in [3.63, 3.8) is 0 Å². The van der Waals surface area contributed by atoms with Crippen molar-refractivity contribution in [3.05, 3.63) is 23.8 Å². The van der Waals surface area contributed by atoms with Crippen LogP contribution in [-0.2, 0) is 4.79 Å². The van der Waals surface area contributed by atoms with Gasteiger partial charge in [-0.25, -0.2) is 0 Å². The number of rotatable bonds is 5. The molecule has 0 heterocycles. The van der Waals surface area contributed by atoms with Crippen LogP contribution >= 0.6 is 0 Å². The third kappa shape index (κ3) is 3.59. The molecule has 4 nitrogen and oxygen atoms in total. The van der Waals surface area contributed by atoms with E-state index < -0.39 is 12.2 Å². The van der Waals surface area contributed by atoms with E-state index in [-0.39, 0.29) is 18.4 Å². The van der Waals surface area contributed by atoms with Crippen molar-refractivity contribution in [3.8, 4) is 0 Å². The van der Waals surface area contributed by atoms with E-state index in [1.165, 1.54) is 0 Å². The minimum atomic E-state index is -0.861. The Labute approximate surface area is 137 Å². The molecular weight excluding hydrogens is 292 g/mol. The molecule has 4 heteroatoms. The van der Waals surface area contributed by atoms with Crippen molar-refractivity contribution in [1.29, 1.82) is 0 Å². The molecule has 0 bridgehead atoms. The van der Waals surface area contributed by atoms with Gasteiger partial charge in [-0.2, -0.15) is 0 Å². The Bertz CT molecular complexity index is 496. The van der Waals surface area contributed by atoms with Crippen LogP contribution in [0, 0.1) is 23.7 Å². The number of carbonyl (C=O) groups excluding carboxylic acids is 1. The van der Waals surface area contributed by atoms with Crippen LogP contribution in [-0.4, -0.2) is 39.9 Å². The first-order valence-corrected chi connectivity index (χ1v) is 8.99. The molecule has 6 atom stereocenters. The predicted molar refractivity (Wildman–Crippen MR) is 87.6 cm³/mol. The van der Waals surface area contributed by atoms with Gasteiger partial charge in [0.15, 0.2) is 0 Å². The van der Waals surface area contributed by atoms with E-state index in [4.69, 9.17) is 0 Å². The van der Waals surface area contributed by atoms with Gasteiger partial charge in [-0.3, -0.25) is 4.79 Å².